The van der Waals surface area contributed by atoms with Crippen molar-refractivity contribution in [3.63, 3.8) is 0 Å². The molecule has 1 aromatic carbocycles. The quantitative estimate of drug-likeness (QED) is 0.884. The molecule has 100 valence electrons. The minimum atomic E-state index is -0.376. The molecule has 2 atom stereocenters. The van der Waals surface area contributed by atoms with Gasteiger partial charge >= 0.3 is 0 Å². The van der Waals surface area contributed by atoms with Crippen LogP contribution in [0.25, 0.3) is 0 Å². The largest absolute Gasteiger partial charge is 0.382 e. The van der Waals surface area contributed by atoms with E-state index in [1.165, 1.54) is 6.07 Å². The zero-order valence-electron chi connectivity index (χ0n) is 10.6. The van der Waals surface area contributed by atoms with Gasteiger partial charge in [-0.05, 0) is 37.5 Å². The van der Waals surface area contributed by atoms with Gasteiger partial charge in [0.1, 0.15) is 5.82 Å². The Labute approximate surface area is 112 Å². The summed E-state index contributed by atoms with van der Waals surface area (Å²) in [6.07, 6.45) is 4.50. The average Bonchev–Trinajstić information content (AvgIpc) is 2.35. The maximum atomic E-state index is 13.3. The molecule has 1 saturated heterocycles. The van der Waals surface area contributed by atoms with Crippen LogP contribution in [0.3, 0.4) is 0 Å². The topological polar surface area (TPSA) is 21.3 Å². The highest BCUT2D eigenvalue weighted by Gasteiger charge is 2.21. The highest BCUT2D eigenvalue weighted by molar-refractivity contribution is 6.30. The highest BCUT2D eigenvalue weighted by atomic mass is 35.5. The average molecular weight is 272 g/mol. The van der Waals surface area contributed by atoms with Gasteiger partial charge in [-0.15, -0.1) is 0 Å². The molecule has 1 aliphatic heterocycles. The Balaban J connectivity index is 1.93. The predicted octanol–water partition coefficient (Wildman–Crippen LogP) is 4.24. The fourth-order valence-corrected chi connectivity index (χ4v) is 2.47. The first-order valence-electron chi connectivity index (χ1n) is 6.52. The van der Waals surface area contributed by atoms with Crippen molar-refractivity contribution in [1.82, 2.24) is 0 Å². The van der Waals surface area contributed by atoms with E-state index < -0.39 is 0 Å². The van der Waals surface area contributed by atoms with Gasteiger partial charge in [-0.2, -0.15) is 0 Å². The lowest BCUT2D eigenvalue weighted by molar-refractivity contribution is 0.00598. The summed E-state index contributed by atoms with van der Waals surface area (Å²) in [5, 5.41) is 3.52. The summed E-state index contributed by atoms with van der Waals surface area (Å²) in [6, 6.07) is 5.21. The third-order valence-corrected chi connectivity index (χ3v) is 3.57. The summed E-state index contributed by atoms with van der Waals surface area (Å²) in [5.74, 6) is -0.376. The van der Waals surface area contributed by atoms with Crippen molar-refractivity contribution in [2.45, 2.75) is 44.8 Å². The van der Waals surface area contributed by atoms with Gasteiger partial charge < -0.3 is 10.1 Å². The van der Waals surface area contributed by atoms with Crippen molar-refractivity contribution >= 4 is 17.3 Å². The molecule has 1 fully saturated rings. The van der Waals surface area contributed by atoms with Gasteiger partial charge in [0, 0.05) is 18.3 Å². The second-order valence-corrected chi connectivity index (χ2v) is 5.18. The maximum absolute atomic E-state index is 13.3. The molecule has 1 aromatic rings. The summed E-state index contributed by atoms with van der Waals surface area (Å²) in [6.45, 7) is 2.94. The fourth-order valence-electron chi connectivity index (χ4n) is 2.36. The van der Waals surface area contributed by atoms with Gasteiger partial charge in [0.15, 0.2) is 0 Å². The molecule has 2 unspecified atom stereocenters. The van der Waals surface area contributed by atoms with E-state index in [1.54, 1.807) is 6.07 Å². The molecule has 0 amide bonds. The van der Waals surface area contributed by atoms with Crippen molar-refractivity contribution in [3.05, 3.63) is 29.0 Å². The Bertz CT molecular complexity index is 397. The number of halogens is 2. The van der Waals surface area contributed by atoms with Crippen LogP contribution in [0.1, 0.15) is 32.6 Å². The van der Waals surface area contributed by atoms with E-state index in [0.717, 1.165) is 38.0 Å². The number of hydrogen-bond donors (Lipinski definition) is 1. The van der Waals surface area contributed by atoms with Crippen molar-refractivity contribution in [2.75, 3.05) is 11.9 Å². The highest BCUT2D eigenvalue weighted by Crippen LogP contribution is 2.24. The number of ether oxygens (including phenoxy) is 1. The minimum absolute atomic E-state index is 0.163. The molecular formula is C14H19ClFNO. The summed E-state index contributed by atoms with van der Waals surface area (Å²) in [7, 11) is 0. The zero-order valence-corrected chi connectivity index (χ0v) is 11.3. The van der Waals surface area contributed by atoms with Crippen molar-refractivity contribution in [3.8, 4) is 0 Å². The third kappa shape index (κ3) is 3.59. The second-order valence-electron chi connectivity index (χ2n) is 4.78. The van der Waals surface area contributed by atoms with E-state index >= 15 is 0 Å². The Hall–Kier alpha value is -0.800. The Morgan fingerprint density at radius 3 is 3.06 bits per heavy atom. The fraction of sp³-hybridized carbons (Fsp3) is 0.571. The summed E-state index contributed by atoms with van der Waals surface area (Å²) >= 11 is 5.67. The van der Waals surface area contributed by atoms with Crippen LogP contribution in [0.5, 0.6) is 0 Å². The summed E-state index contributed by atoms with van der Waals surface area (Å²) in [5.41, 5.74) is 0.791. The predicted molar refractivity (Wildman–Crippen MR) is 72.7 cm³/mol. The maximum Gasteiger partial charge on any atom is 0.143 e. The van der Waals surface area contributed by atoms with Gasteiger partial charge in [-0.25, -0.2) is 4.39 Å². The Morgan fingerprint density at radius 2 is 2.33 bits per heavy atom. The minimum Gasteiger partial charge on any atom is -0.382 e. The molecule has 1 aliphatic rings. The van der Waals surface area contributed by atoms with Gasteiger partial charge in [-0.3, -0.25) is 0 Å². The molecule has 1 heterocycles. The molecule has 0 radical (unpaired) electrons. The molecule has 0 bridgehead atoms. The summed E-state index contributed by atoms with van der Waals surface area (Å²) in [4.78, 5) is 0. The van der Waals surface area contributed by atoms with Crippen LogP contribution >= 0.6 is 11.6 Å². The van der Waals surface area contributed by atoms with Crippen LogP contribution in [-0.4, -0.2) is 18.8 Å². The number of nitrogens with one attached hydrogen (secondary N) is 1. The van der Waals surface area contributed by atoms with Gasteiger partial charge in [-0.1, -0.05) is 24.9 Å². The summed E-state index contributed by atoms with van der Waals surface area (Å²) < 4.78 is 19.0. The normalized spacial score (nSPS) is 23.9. The molecule has 1 N–H and O–H groups in total. The Morgan fingerprint density at radius 1 is 1.50 bits per heavy atom. The van der Waals surface area contributed by atoms with E-state index in [2.05, 4.69) is 12.2 Å². The Kier molecular flexibility index (Phi) is 4.84. The molecule has 0 aliphatic carbocycles. The molecule has 0 spiro atoms. The van der Waals surface area contributed by atoms with Crippen LogP contribution in [-0.2, 0) is 4.74 Å². The van der Waals surface area contributed by atoms with Crippen molar-refractivity contribution < 1.29 is 9.13 Å². The first-order valence-corrected chi connectivity index (χ1v) is 6.90. The molecule has 2 rings (SSSR count). The zero-order chi connectivity index (χ0) is 13.0. The molecular weight excluding hydrogens is 253 g/mol. The van der Waals surface area contributed by atoms with Gasteiger partial charge in [0.05, 0.1) is 11.1 Å². The van der Waals surface area contributed by atoms with E-state index in [-0.39, 0.29) is 10.8 Å². The van der Waals surface area contributed by atoms with Gasteiger partial charge in [0.2, 0.25) is 0 Å². The van der Waals surface area contributed by atoms with Crippen LogP contribution in [0.2, 0.25) is 5.02 Å². The molecule has 0 saturated carbocycles. The molecule has 0 aromatic heterocycles. The van der Waals surface area contributed by atoms with E-state index in [4.69, 9.17) is 16.3 Å². The molecule has 4 heteroatoms. The first-order chi connectivity index (χ1) is 8.69. The number of benzene rings is 1. The SMILES string of the molecule is CCCC1CC(Nc2ccc(Cl)c(F)c2)CCO1. The number of anilines is 1. The van der Waals surface area contributed by atoms with E-state index in [9.17, 15) is 4.39 Å². The third-order valence-electron chi connectivity index (χ3n) is 3.27. The van der Waals surface area contributed by atoms with Crippen molar-refractivity contribution in [2.24, 2.45) is 0 Å². The number of hydrogen-bond acceptors (Lipinski definition) is 2. The monoisotopic (exact) mass is 271 g/mol. The van der Waals surface area contributed by atoms with Crippen LogP contribution in [0.15, 0.2) is 18.2 Å². The van der Waals surface area contributed by atoms with Crippen molar-refractivity contribution in [1.29, 1.82) is 0 Å². The van der Waals surface area contributed by atoms with E-state index in [1.807, 2.05) is 6.07 Å². The molecule has 18 heavy (non-hydrogen) atoms. The number of rotatable bonds is 4. The second kappa shape index (κ2) is 6.39. The van der Waals surface area contributed by atoms with Crippen LogP contribution in [0, 0.1) is 5.82 Å². The van der Waals surface area contributed by atoms with Crippen LogP contribution < -0.4 is 5.32 Å². The van der Waals surface area contributed by atoms with Crippen LogP contribution in [0.4, 0.5) is 10.1 Å². The van der Waals surface area contributed by atoms with E-state index in [0.29, 0.717) is 12.1 Å². The van der Waals surface area contributed by atoms with Gasteiger partial charge in [0.25, 0.3) is 0 Å². The smallest absolute Gasteiger partial charge is 0.143 e. The lowest BCUT2D eigenvalue weighted by atomic mass is 10.00. The first kappa shape index (κ1) is 13.6. The molecule has 2 nitrogen and oxygen atoms in total. The lowest BCUT2D eigenvalue weighted by Crippen LogP contribution is -2.34. The lowest BCUT2D eigenvalue weighted by Gasteiger charge is -2.30. The standard InChI is InChI=1S/C14H19ClFNO/c1-2-3-12-8-11(6-7-18-12)17-10-4-5-13(15)14(16)9-10/h4-5,9,11-12,17H,2-3,6-8H2,1H3.